The summed E-state index contributed by atoms with van der Waals surface area (Å²) in [6.07, 6.45) is 1.32. The number of benzene rings is 1. The topological polar surface area (TPSA) is 83.1 Å². The third kappa shape index (κ3) is 4.64. The fourth-order valence-electron chi connectivity index (χ4n) is 3.69. The van der Waals surface area contributed by atoms with Gasteiger partial charge in [-0.05, 0) is 44.2 Å². The van der Waals surface area contributed by atoms with Crippen LogP contribution < -0.4 is 9.47 Å². The van der Waals surface area contributed by atoms with Gasteiger partial charge in [0, 0.05) is 18.4 Å². The van der Waals surface area contributed by atoms with Crippen LogP contribution in [0.1, 0.15) is 27.5 Å². The summed E-state index contributed by atoms with van der Waals surface area (Å²) < 4.78 is 24.2. The number of likely N-dealkylation sites (N-methyl/N-ethyl adjacent to an activating group) is 1. The fourth-order valence-corrected chi connectivity index (χ4v) is 3.69. The van der Waals surface area contributed by atoms with Crippen molar-refractivity contribution in [3.8, 4) is 11.5 Å². The molecule has 2 aromatic heterocycles. The molecule has 8 heteroatoms. The molecule has 0 radical (unpaired) electrons. The summed E-state index contributed by atoms with van der Waals surface area (Å²) in [7, 11) is 1.65. The minimum absolute atomic E-state index is 0.296. The lowest BCUT2D eigenvalue weighted by Crippen LogP contribution is -2.43. The number of rotatable bonds is 7. The molecule has 0 aliphatic carbocycles. The largest absolute Gasteiger partial charge is 0.486 e. The monoisotopic (exact) mass is 438 g/mol. The number of esters is 1. The third-order valence-corrected chi connectivity index (χ3v) is 5.49. The number of carbonyl (C=O) groups is 2. The number of carbonyl (C=O) groups excluding carboxylic acids is 2. The normalized spacial score (nSPS) is 14.8. The number of para-hydroxylation sites is 2. The molecule has 8 nitrogen and oxygen atoms in total. The summed E-state index contributed by atoms with van der Waals surface area (Å²) in [6, 6.07) is 12.9. The van der Waals surface area contributed by atoms with Crippen LogP contribution in [0.2, 0.25) is 0 Å². The van der Waals surface area contributed by atoms with Gasteiger partial charge >= 0.3 is 5.97 Å². The Labute approximate surface area is 186 Å². The maximum atomic E-state index is 12.6. The van der Waals surface area contributed by atoms with Gasteiger partial charge in [-0.2, -0.15) is 0 Å². The number of aryl methyl sites for hydroxylation is 1. The van der Waals surface area contributed by atoms with Gasteiger partial charge in [0.25, 0.3) is 5.91 Å². The van der Waals surface area contributed by atoms with Crippen molar-refractivity contribution >= 4 is 11.9 Å². The number of hydrogen-bond acceptors (Lipinski definition) is 6. The molecule has 1 atom stereocenters. The van der Waals surface area contributed by atoms with Crippen LogP contribution in [-0.2, 0) is 16.1 Å². The van der Waals surface area contributed by atoms with E-state index in [4.69, 9.17) is 18.6 Å². The van der Waals surface area contributed by atoms with Crippen LogP contribution in [0.15, 0.2) is 53.1 Å². The van der Waals surface area contributed by atoms with Gasteiger partial charge in [-0.15, -0.1) is 0 Å². The molecule has 1 unspecified atom stereocenters. The van der Waals surface area contributed by atoms with Crippen molar-refractivity contribution in [2.45, 2.75) is 26.5 Å². The van der Waals surface area contributed by atoms with Crippen LogP contribution in [-0.4, -0.2) is 54.3 Å². The SMILES string of the molecule is Cc1cc(C(=O)OCC(=O)N(C)CC2COc3ccccc3O2)c(C)n1Cc1ccco1. The molecule has 0 N–H and O–H groups in total. The van der Waals surface area contributed by atoms with E-state index in [1.54, 1.807) is 19.4 Å². The number of ether oxygens (including phenoxy) is 3. The van der Waals surface area contributed by atoms with E-state index >= 15 is 0 Å². The van der Waals surface area contributed by atoms with E-state index < -0.39 is 5.97 Å². The molecule has 1 amide bonds. The first kappa shape index (κ1) is 21.5. The summed E-state index contributed by atoms with van der Waals surface area (Å²) in [4.78, 5) is 26.6. The van der Waals surface area contributed by atoms with Gasteiger partial charge in [0.2, 0.25) is 0 Å². The van der Waals surface area contributed by atoms with Gasteiger partial charge in [0.15, 0.2) is 24.2 Å². The molecule has 1 aliphatic heterocycles. The summed E-state index contributed by atoms with van der Waals surface area (Å²) >= 11 is 0. The Morgan fingerprint density at radius 3 is 2.69 bits per heavy atom. The predicted molar refractivity (Wildman–Crippen MR) is 116 cm³/mol. The fraction of sp³-hybridized carbons (Fsp3) is 0.333. The summed E-state index contributed by atoms with van der Waals surface area (Å²) in [5.74, 6) is 1.29. The highest BCUT2D eigenvalue weighted by Crippen LogP contribution is 2.31. The second kappa shape index (κ2) is 9.21. The zero-order valence-electron chi connectivity index (χ0n) is 18.4. The van der Waals surface area contributed by atoms with Crippen LogP contribution in [0.3, 0.4) is 0 Å². The standard InChI is InChI=1S/C24H26N2O6/c1-16-11-20(17(2)26(16)13-18-7-6-10-29-18)24(28)31-15-23(27)25(3)12-19-14-30-21-8-4-5-9-22(21)32-19/h4-11,19H,12-15H2,1-3H3. The van der Waals surface area contributed by atoms with Crippen molar-refractivity contribution in [2.75, 3.05) is 26.8 Å². The Balaban J connectivity index is 1.30. The molecule has 4 rings (SSSR count). The van der Waals surface area contributed by atoms with E-state index in [-0.39, 0.29) is 18.6 Å². The molecule has 3 aromatic rings. The van der Waals surface area contributed by atoms with Crippen molar-refractivity contribution in [1.82, 2.24) is 9.47 Å². The van der Waals surface area contributed by atoms with Crippen LogP contribution in [0.4, 0.5) is 0 Å². The minimum atomic E-state index is -0.531. The van der Waals surface area contributed by atoms with E-state index in [1.165, 1.54) is 4.90 Å². The second-order valence-electron chi connectivity index (χ2n) is 7.80. The van der Waals surface area contributed by atoms with Crippen molar-refractivity contribution in [1.29, 1.82) is 0 Å². The molecule has 1 aromatic carbocycles. The van der Waals surface area contributed by atoms with Crippen molar-refractivity contribution in [3.63, 3.8) is 0 Å². The molecule has 1 aliphatic rings. The number of fused-ring (bicyclic) bond motifs is 1. The molecule has 0 fully saturated rings. The quantitative estimate of drug-likeness (QED) is 0.527. The highest BCUT2D eigenvalue weighted by atomic mass is 16.6. The van der Waals surface area contributed by atoms with E-state index in [9.17, 15) is 9.59 Å². The third-order valence-electron chi connectivity index (χ3n) is 5.49. The molecule has 0 saturated carbocycles. The van der Waals surface area contributed by atoms with Crippen LogP contribution >= 0.6 is 0 Å². The average molecular weight is 438 g/mol. The van der Waals surface area contributed by atoms with Gasteiger partial charge in [0.1, 0.15) is 12.4 Å². The van der Waals surface area contributed by atoms with Crippen LogP contribution in [0.5, 0.6) is 11.5 Å². The van der Waals surface area contributed by atoms with Gasteiger partial charge < -0.3 is 28.1 Å². The maximum Gasteiger partial charge on any atom is 0.340 e. The van der Waals surface area contributed by atoms with E-state index in [0.717, 1.165) is 17.1 Å². The summed E-state index contributed by atoms with van der Waals surface area (Å²) in [6.45, 7) is 4.60. The summed E-state index contributed by atoms with van der Waals surface area (Å²) in [5.41, 5.74) is 2.10. The molecule has 0 bridgehead atoms. The van der Waals surface area contributed by atoms with Crippen LogP contribution in [0, 0.1) is 13.8 Å². The Bertz CT molecular complexity index is 1100. The van der Waals surface area contributed by atoms with Gasteiger partial charge in [0.05, 0.1) is 24.9 Å². The Morgan fingerprint density at radius 2 is 1.94 bits per heavy atom. The molecule has 0 saturated heterocycles. The Hall–Kier alpha value is -3.68. The first-order valence-corrected chi connectivity index (χ1v) is 10.4. The first-order valence-electron chi connectivity index (χ1n) is 10.4. The lowest BCUT2D eigenvalue weighted by molar-refractivity contribution is -0.134. The highest BCUT2D eigenvalue weighted by molar-refractivity contribution is 5.92. The number of furan rings is 1. The Kier molecular flexibility index (Phi) is 6.20. The van der Waals surface area contributed by atoms with E-state index in [0.29, 0.717) is 36.8 Å². The first-order chi connectivity index (χ1) is 15.4. The lowest BCUT2D eigenvalue weighted by atomic mass is 10.2. The smallest absolute Gasteiger partial charge is 0.340 e. The van der Waals surface area contributed by atoms with E-state index in [1.807, 2.05) is 54.8 Å². The highest BCUT2D eigenvalue weighted by Gasteiger charge is 2.25. The number of hydrogen-bond donors (Lipinski definition) is 0. The van der Waals surface area contributed by atoms with Gasteiger partial charge in [-0.1, -0.05) is 12.1 Å². The number of nitrogens with zero attached hydrogens (tertiary/aromatic N) is 2. The predicted octanol–water partition coefficient (Wildman–Crippen LogP) is 3.20. The molecular formula is C24H26N2O6. The van der Waals surface area contributed by atoms with E-state index in [2.05, 4.69) is 0 Å². The van der Waals surface area contributed by atoms with Crippen molar-refractivity contribution in [2.24, 2.45) is 0 Å². The molecule has 0 spiro atoms. The number of aromatic nitrogens is 1. The minimum Gasteiger partial charge on any atom is -0.486 e. The zero-order chi connectivity index (χ0) is 22.7. The van der Waals surface area contributed by atoms with Crippen LogP contribution in [0.25, 0.3) is 0 Å². The molecular weight excluding hydrogens is 412 g/mol. The van der Waals surface area contributed by atoms with Gasteiger partial charge in [-0.25, -0.2) is 4.79 Å². The molecule has 32 heavy (non-hydrogen) atoms. The van der Waals surface area contributed by atoms with Crippen molar-refractivity contribution in [3.05, 3.63) is 71.4 Å². The van der Waals surface area contributed by atoms with Crippen molar-refractivity contribution < 1.29 is 28.2 Å². The number of amides is 1. The second-order valence-corrected chi connectivity index (χ2v) is 7.80. The molecule has 3 heterocycles. The summed E-state index contributed by atoms with van der Waals surface area (Å²) in [5, 5.41) is 0. The average Bonchev–Trinajstić information content (AvgIpc) is 3.41. The van der Waals surface area contributed by atoms with Gasteiger partial charge in [-0.3, -0.25) is 4.79 Å². The lowest BCUT2D eigenvalue weighted by Gasteiger charge is -2.29. The maximum absolute atomic E-state index is 12.6. The Morgan fingerprint density at radius 1 is 1.16 bits per heavy atom. The zero-order valence-corrected chi connectivity index (χ0v) is 18.4. The molecule has 168 valence electrons.